The molecule has 0 aliphatic carbocycles. The summed E-state index contributed by atoms with van der Waals surface area (Å²) in [6.07, 6.45) is -0.711. The molecule has 0 aromatic rings. The van der Waals surface area contributed by atoms with Gasteiger partial charge in [0.1, 0.15) is 6.61 Å². The second kappa shape index (κ2) is 8.50. The summed E-state index contributed by atoms with van der Waals surface area (Å²) in [7, 11) is 0. The Labute approximate surface area is 96.7 Å². The van der Waals surface area contributed by atoms with Crippen LogP contribution in [-0.2, 0) is 19.0 Å². The molecule has 0 amide bonds. The van der Waals surface area contributed by atoms with Gasteiger partial charge in [-0.15, -0.1) is 0 Å². The van der Waals surface area contributed by atoms with E-state index in [4.69, 9.17) is 19.3 Å². The Morgan fingerprint density at radius 1 is 1.06 bits per heavy atom. The maximum Gasteiger partial charge on any atom is 0.302 e. The van der Waals surface area contributed by atoms with Crippen molar-refractivity contribution in [3.05, 3.63) is 0 Å². The average molecular weight is 234 g/mol. The Balaban J connectivity index is 3.50. The number of carbonyl (C=O) groups excluding carboxylic acids is 1. The summed E-state index contributed by atoms with van der Waals surface area (Å²) in [5, 5.41) is 9.00. The molecule has 0 spiro atoms. The van der Waals surface area contributed by atoms with Gasteiger partial charge in [-0.1, -0.05) is 0 Å². The third-order valence-corrected chi connectivity index (χ3v) is 1.76. The van der Waals surface area contributed by atoms with E-state index in [-0.39, 0.29) is 24.8 Å². The molecule has 1 N–H and O–H groups in total. The molecule has 0 aliphatic rings. The summed E-state index contributed by atoms with van der Waals surface area (Å²) in [4.78, 5) is 10.5. The van der Waals surface area contributed by atoms with E-state index in [1.54, 1.807) is 6.92 Å². The van der Waals surface area contributed by atoms with Gasteiger partial charge in [0.2, 0.25) is 0 Å². The maximum atomic E-state index is 10.5. The quantitative estimate of drug-likeness (QED) is 0.627. The highest BCUT2D eigenvalue weighted by Gasteiger charge is 2.09. The molecule has 3 atom stereocenters. The van der Waals surface area contributed by atoms with Gasteiger partial charge in [0.05, 0.1) is 31.5 Å². The smallest absolute Gasteiger partial charge is 0.302 e. The van der Waals surface area contributed by atoms with Crippen molar-refractivity contribution < 1.29 is 24.1 Å². The van der Waals surface area contributed by atoms with E-state index in [9.17, 15) is 4.79 Å². The van der Waals surface area contributed by atoms with Crippen LogP contribution < -0.4 is 0 Å². The number of aliphatic hydroxyl groups excluding tert-OH is 1. The summed E-state index contributed by atoms with van der Waals surface area (Å²) in [6, 6.07) is 0. The van der Waals surface area contributed by atoms with Gasteiger partial charge < -0.3 is 19.3 Å². The molecule has 0 heterocycles. The SMILES string of the molecule is CC(=O)OCC(C)OCC(C)OCC(C)O. The van der Waals surface area contributed by atoms with Gasteiger partial charge >= 0.3 is 5.97 Å². The molecule has 96 valence electrons. The number of hydrogen-bond donors (Lipinski definition) is 1. The van der Waals surface area contributed by atoms with Gasteiger partial charge in [-0.25, -0.2) is 0 Å². The lowest BCUT2D eigenvalue weighted by atomic mass is 10.4. The van der Waals surface area contributed by atoms with E-state index in [0.717, 1.165) is 0 Å². The second-order valence-electron chi connectivity index (χ2n) is 3.94. The molecule has 0 aromatic carbocycles. The molecule has 0 aromatic heterocycles. The fourth-order valence-electron chi connectivity index (χ4n) is 0.934. The van der Waals surface area contributed by atoms with Gasteiger partial charge in [0, 0.05) is 6.92 Å². The van der Waals surface area contributed by atoms with Crippen molar-refractivity contribution in [3.63, 3.8) is 0 Å². The van der Waals surface area contributed by atoms with Crippen molar-refractivity contribution in [2.24, 2.45) is 0 Å². The highest BCUT2D eigenvalue weighted by Crippen LogP contribution is 1.98. The first-order valence-corrected chi connectivity index (χ1v) is 5.46. The fraction of sp³-hybridized carbons (Fsp3) is 0.909. The van der Waals surface area contributed by atoms with E-state index >= 15 is 0 Å². The topological polar surface area (TPSA) is 65.0 Å². The number of esters is 1. The zero-order valence-electron chi connectivity index (χ0n) is 10.4. The predicted octanol–water partition coefficient (Wildman–Crippen LogP) is 0.741. The number of hydrogen-bond acceptors (Lipinski definition) is 5. The van der Waals surface area contributed by atoms with E-state index < -0.39 is 6.10 Å². The standard InChI is InChI=1S/C11H22O5/c1-8(12)5-14-9(2)6-15-10(3)7-16-11(4)13/h8-10,12H,5-7H2,1-4H3. The first-order valence-electron chi connectivity index (χ1n) is 5.46. The molecule has 0 aliphatic heterocycles. The van der Waals surface area contributed by atoms with Crippen molar-refractivity contribution in [3.8, 4) is 0 Å². The highest BCUT2D eigenvalue weighted by atomic mass is 16.6. The van der Waals surface area contributed by atoms with Crippen LogP contribution in [0.5, 0.6) is 0 Å². The Hall–Kier alpha value is -0.650. The lowest BCUT2D eigenvalue weighted by Gasteiger charge is -2.18. The Kier molecular flexibility index (Phi) is 8.15. The molecule has 3 unspecified atom stereocenters. The van der Waals surface area contributed by atoms with Gasteiger partial charge in [-0.3, -0.25) is 4.79 Å². The van der Waals surface area contributed by atoms with Crippen LogP contribution >= 0.6 is 0 Å². The summed E-state index contributed by atoms with van der Waals surface area (Å²) < 4.78 is 15.5. The van der Waals surface area contributed by atoms with Crippen molar-refractivity contribution in [1.82, 2.24) is 0 Å². The summed E-state index contributed by atoms with van der Waals surface area (Å²) >= 11 is 0. The molecule has 0 saturated heterocycles. The molecule has 16 heavy (non-hydrogen) atoms. The Morgan fingerprint density at radius 2 is 1.56 bits per heavy atom. The first kappa shape index (κ1) is 15.3. The normalized spacial score (nSPS) is 16.6. The third-order valence-electron chi connectivity index (χ3n) is 1.76. The minimum Gasteiger partial charge on any atom is -0.463 e. The van der Waals surface area contributed by atoms with Crippen molar-refractivity contribution >= 4 is 5.97 Å². The minimum atomic E-state index is -0.471. The van der Waals surface area contributed by atoms with Gasteiger partial charge in [0.15, 0.2) is 0 Å². The van der Waals surface area contributed by atoms with Gasteiger partial charge in [0.25, 0.3) is 0 Å². The number of ether oxygens (including phenoxy) is 3. The molecule has 0 radical (unpaired) electrons. The van der Waals surface area contributed by atoms with Crippen LogP contribution in [-0.4, -0.2) is 49.2 Å². The number of aliphatic hydroxyl groups is 1. The third kappa shape index (κ3) is 9.89. The van der Waals surface area contributed by atoms with Crippen molar-refractivity contribution in [1.29, 1.82) is 0 Å². The molecule has 5 heteroatoms. The predicted molar refractivity (Wildman–Crippen MR) is 59.1 cm³/mol. The van der Waals surface area contributed by atoms with Crippen LogP contribution in [0.1, 0.15) is 27.7 Å². The van der Waals surface area contributed by atoms with Crippen LogP contribution in [0.15, 0.2) is 0 Å². The lowest BCUT2D eigenvalue weighted by Crippen LogP contribution is -2.26. The summed E-state index contributed by atoms with van der Waals surface area (Å²) in [5.41, 5.74) is 0. The minimum absolute atomic E-state index is 0.0885. The molecule has 0 rings (SSSR count). The average Bonchev–Trinajstić information content (AvgIpc) is 2.20. The Morgan fingerprint density at radius 3 is 2.06 bits per heavy atom. The maximum absolute atomic E-state index is 10.5. The van der Waals surface area contributed by atoms with E-state index in [1.165, 1.54) is 6.92 Å². The van der Waals surface area contributed by atoms with Gasteiger partial charge in [-0.05, 0) is 20.8 Å². The molecule has 0 bridgehead atoms. The highest BCUT2D eigenvalue weighted by molar-refractivity contribution is 5.65. The van der Waals surface area contributed by atoms with Crippen LogP contribution in [0.3, 0.4) is 0 Å². The van der Waals surface area contributed by atoms with Crippen molar-refractivity contribution in [2.75, 3.05) is 19.8 Å². The molecular weight excluding hydrogens is 212 g/mol. The van der Waals surface area contributed by atoms with Crippen LogP contribution in [0.2, 0.25) is 0 Å². The van der Waals surface area contributed by atoms with Gasteiger partial charge in [-0.2, -0.15) is 0 Å². The van der Waals surface area contributed by atoms with E-state index in [0.29, 0.717) is 13.2 Å². The lowest BCUT2D eigenvalue weighted by molar-refractivity contribution is -0.145. The second-order valence-corrected chi connectivity index (χ2v) is 3.94. The van der Waals surface area contributed by atoms with Crippen LogP contribution in [0.25, 0.3) is 0 Å². The summed E-state index contributed by atoms with van der Waals surface area (Å²) in [6.45, 7) is 7.67. The number of carbonyl (C=O) groups is 1. The van der Waals surface area contributed by atoms with Crippen LogP contribution in [0.4, 0.5) is 0 Å². The largest absolute Gasteiger partial charge is 0.463 e. The molecule has 0 fully saturated rings. The Bertz CT molecular complexity index is 193. The summed E-state index contributed by atoms with van der Waals surface area (Å²) in [5.74, 6) is -0.311. The number of rotatable bonds is 8. The van der Waals surface area contributed by atoms with Crippen LogP contribution in [0, 0.1) is 0 Å². The monoisotopic (exact) mass is 234 g/mol. The first-order chi connectivity index (χ1) is 7.41. The molecular formula is C11H22O5. The van der Waals surface area contributed by atoms with E-state index in [2.05, 4.69) is 0 Å². The van der Waals surface area contributed by atoms with E-state index in [1.807, 2.05) is 13.8 Å². The molecule has 0 saturated carbocycles. The zero-order chi connectivity index (χ0) is 12.6. The zero-order valence-corrected chi connectivity index (χ0v) is 10.4. The fourth-order valence-corrected chi connectivity index (χ4v) is 0.934. The molecule has 5 nitrogen and oxygen atoms in total. The van der Waals surface area contributed by atoms with Crippen molar-refractivity contribution in [2.45, 2.75) is 46.0 Å².